The average Bonchev–Trinajstić information content (AvgIpc) is 2.28. The highest BCUT2D eigenvalue weighted by Crippen LogP contribution is 2.20. The maximum atomic E-state index is 12.2. The fourth-order valence-corrected chi connectivity index (χ4v) is 3.73. The maximum Gasteiger partial charge on any atom is 0.324 e. The van der Waals surface area contributed by atoms with Crippen molar-refractivity contribution >= 4 is 16.2 Å². The van der Waals surface area contributed by atoms with Gasteiger partial charge in [0.15, 0.2) is 0 Å². The second kappa shape index (κ2) is 5.54. The first-order valence-electron chi connectivity index (χ1n) is 6.23. The normalized spacial score (nSPS) is 25.6. The first kappa shape index (κ1) is 15.4. The van der Waals surface area contributed by atoms with Gasteiger partial charge < -0.3 is 5.11 Å². The Kier molecular flexibility index (Phi) is 4.74. The number of nitrogens with zero attached hydrogens (tertiary/aromatic N) is 1. The van der Waals surface area contributed by atoms with E-state index in [1.807, 2.05) is 6.92 Å². The van der Waals surface area contributed by atoms with Crippen LogP contribution in [0.4, 0.5) is 0 Å². The topological polar surface area (TPSA) is 86.7 Å². The lowest BCUT2D eigenvalue weighted by Crippen LogP contribution is -2.57. The van der Waals surface area contributed by atoms with Crippen LogP contribution in [0.5, 0.6) is 0 Å². The molecular formula is C11H22N2O4S. The van der Waals surface area contributed by atoms with Gasteiger partial charge in [0, 0.05) is 13.1 Å². The minimum atomic E-state index is -3.73. The molecule has 0 aliphatic carbocycles. The predicted octanol–water partition coefficient (Wildman–Crippen LogP) is 0.806. The molecule has 2 unspecified atom stereocenters. The third-order valence-electron chi connectivity index (χ3n) is 3.49. The van der Waals surface area contributed by atoms with Gasteiger partial charge in [0.05, 0.1) is 0 Å². The minimum absolute atomic E-state index is 0.199. The Morgan fingerprint density at radius 3 is 2.61 bits per heavy atom. The Morgan fingerprint density at radius 2 is 2.17 bits per heavy atom. The van der Waals surface area contributed by atoms with Gasteiger partial charge in [0.25, 0.3) is 10.2 Å². The van der Waals surface area contributed by atoms with E-state index in [2.05, 4.69) is 4.72 Å². The number of rotatable bonds is 5. The van der Waals surface area contributed by atoms with E-state index in [-0.39, 0.29) is 6.42 Å². The smallest absolute Gasteiger partial charge is 0.324 e. The average molecular weight is 278 g/mol. The second-order valence-electron chi connectivity index (χ2n) is 5.20. The van der Waals surface area contributed by atoms with Crippen LogP contribution in [0.3, 0.4) is 0 Å². The van der Waals surface area contributed by atoms with Gasteiger partial charge in [-0.1, -0.05) is 13.8 Å². The molecule has 0 radical (unpaired) electrons. The summed E-state index contributed by atoms with van der Waals surface area (Å²) < 4.78 is 28.0. The molecule has 1 saturated heterocycles. The van der Waals surface area contributed by atoms with Crippen molar-refractivity contribution in [2.75, 3.05) is 13.1 Å². The summed E-state index contributed by atoms with van der Waals surface area (Å²) in [6.45, 7) is 5.95. The Labute approximate surface area is 109 Å². The molecular weight excluding hydrogens is 256 g/mol. The van der Waals surface area contributed by atoms with Crippen molar-refractivity contribution in [2.24, 2.45) is 5.92 Å². The van der Waals surface area contributed by atoms with Gasteiger partial charge in [-0.2, -0.15) is 17.4 Å². The summed E-state index contributed by atoms with van der Waals surface area (Å²) in [7, 11) is -3.73. The molecule has 6 nitrogen and oxygen atoms in total. The second-order valence-corrected chi connectivity index (χ2v) is 6.87. The molecule has 1 rings (SSSR count). The van der Waals surface area contributed by atoms with E-state index in [4.69, 9.17) is 5.11 Å². The Morgan fingerprint density at radius 1 is 1.56 bits per heavy atom. The molecule has 1 heterocycles. The molecule has 0 amide bonds. The third kappa shape index (κ3) is 3.43. The van der Waals surface area contributed by atoms with E-state index in [9.17, 15) is 13.2 Å². The van der Waals surface area contributed by atoms with Gasteiger partial charge >= 0.3 is 5.97 Å². The summed E-state index contributed by atoms with van der Waals surface area (Å²) in [5, 5.41) is 9.10. The highest BCUT2D eigenvalue weighted by atomic mass is 32.2. The zero-order chi connectivity index (χ0) is 14.0. The van der Waals surface area contributed by atoms with Crippen LogP contribution in [-0.4, -0.2) is 42.4 Å². The highest BCUT2D eigenvalue weighted by Gasteiger charge is 2.38. The fraction of sp³-hybridized carbons (Fsp3) is 0.909. The largest absolute Gasteiger partial charge is 0.480 e. The van der Waals surface area contributed by atoms with Gasteiger partial charge in [0.1, 0.15) is 5.54 Å². The van der Waals surface area contributed by atoms with Crippen molar-refractivity contribution in [1.82, 2.24) is 9.03 Å². The van der Waals surface area contributed by atoms with Crippen LogP contribution >= 0.6 is 0 Å². The first-order chi connectivity index (χ1) is 8.21. The number of aliphatic carboxylic acids is 1. The number of carbonyl (C=O) groups is 1. The van der Waals surface area contributed by atoms with Crippen molar-refractivity contribution in [3.63, 3.8) is 0 Å². The Bertz CT molecular complexity index is 409. The van der Waals surface area contributed by atoms with E-state index in [1.165, 1.54) is 11.2 Å². The molecule has 1 aliphatic heterocycles. The van der Waals surface area contributed by atoms with Gasteiger partial charge in [-0.15, -0.1) is 0 Å². The van der Waals surface area contributed by atoms with E-state index < -0.39 is 21.7 Å². The zero-order valence-electron chi connectivity index (χ0n) is 11.1. The molecule has 0 bridgehead atoms. The molecule has 106 valence electrons. The van der Waals surface area contributed by atoms with E-state index in [0.29, 0.717) is 19.0 Å². The standard InChI is InChI=1S/C11H22N2O4S/c1-4-11(3,10(14)15)12-18(16,17)13-7-5-6-9(2)8-13/h9,12H,4-8H2,1-3H3,(H,14,15). The van der Waals surface area contributed by atoms with Gasteiger partial charge in [-0.05, 0) is 32.1 Å². The van der Waals surface area contributed by atoms with Crippen LogP contribution in [0.2, 0.25) is 0 Å². The number of nitrogens with one attached hydrogen (secondary N) is 1. The molecule has 0 spiro atoms. The predicted molar refractivity (Wildman–Crippen MR) is 68.4 cm³/mol. The van der Waals surface area contributed by atoms with E-state index >= 15 is 0 Å². The molecule has 2 atom stereocenters. The van der Waals surface area contributed by atoms with Gasteiger partial charge in [-0.3, -0.25) is 4.79 Å². The minimum Gasteiger partial charge on any atom is -0.480 e. The summed E-state index contributed by atoms with van der Waals surface area (Å²) >= 11 is 0. The van der Waals surface area contributed by atoms with Crippen LogP contribution < -0.4 is 4.72 Å². The molecule has 1 fully saturated rings. The SMILES string of the molecule is CCC(C)(NS(=O)(=O)N1CCCC(C)C1)C(=O)O. The third-order valence-corrected chi connectivity index (χ3v) is 5.21. The van der Waals surface area contributed by atoms with Crippen LogP contribution in [-0.2, 0) is 15.0 Å². The quantitative estimate of drug-likeness (QED) is 0.779. The summed E-state index contributed by atoms with van der Waals surface area (Å²) in [6, 6.07) is 0. The van der Waals surface area contributed by atoms with Crippen molar-refractivity contribution in [3.8, 4) is 0 Å². The van der Waals surface area contributed by atoms with Crippen LogP contribution in [0, 0.1) is 5.92 Å². The fourth-order valence-electron chi connectivity index (χ4n) is 1.98. The van der Waals surface area contributed by atoms with E-state index in [0.717, 1.165) is 12.8 Å². The van der Waals surface area contributed by atoms with Crippen LogP contribution in [0.1, 0.15) is 40.0 Å². The van der Waals surface area contributed by atoms with Crippen molar-refractivity contribution in [1.29, 1.82) is 0 Å². The lowest BCUT2D eigenvalue weighted by atomic mass is 10.0. The number of carboxylic acids is 1. The van der Waals surface area contributed by atoms with Crippen molar-refractivity contribution in [3.05, 3.63) is 0 Å². The number of hydrogen-bond donors (Lipinski definition) is 2. The molecule has 2 N–H and O–H groups in total. The van der Waals surface area contributed by atoms with Crippen LogP contribution in [0.25, 0.3) is 0 Å². The first-order valence-corrected chi connectivity index (χ1v) is 7.67. The van der Waals surface area contributed by atoms with Crippen LogP contribution in [0.15, 0.2) is 0 Å². The van der Waals surface area contributed by atoms with E-state index in [1.54, 1.807) is 6.92 Å². The molecule has 1 aliphatic rings. The Balaban J connectivity index is 2.84. The number of carboxylic acid groups (broad SMARTS) is 1. The molecule has 0 aromatic rings. The molecule has 0 saturated carbocycles. The maximum absolute atomic E-state index is 12.2. The lowest BCUT2D eigenvalue weighted by Gasteiger charge is -2.33. The molecule has 7 heteroatoms. The Hall–Kier alpha value is -0.660. The van der Waals surface area contributed by atoms with Gasteiger partial charge in [0.2, 0.25) is 0 Å². The monoisotopic (exact) mass is 278 g/mol. The molecule has 18 heavy (non-hydrogen) atoms. The number of piperidine rings is 1. The molecule has 0 aromatic heterocycles. The summed E-state index contributed by atoms with van der Waals surface area (Å²) in [6.07, 6.45) is 2.03. The van der Waals surface area contributed by atoms with Crippen molar-refractivity contribution < 1.29 is 18.3 Å². The lowest BCUT2D eigenvalue weighted by molar-refractivity contribution is -0.143. The number of hydrogen-bond acceptors (Lipinski definition) is 3. The molecule has 0 aromatic carbocycles. The summed E-state index contributed by atoms with van der Waals surface area (Å²) in [5.41, 5.74) is -1.44. The highest BCUT2D eigenvalue weighted by molar-refractivity contribution is 7.87. The summed E-state index contributed by atoms with van der Waals surface area (Å²) in [4.78, 5) is 11.1. The zero-order valence-corrected chi connectivity index (χ0v) is 12.0. The summed E-state index contributed by atoms with van der Waals surface area (Å²) in [5.74, 6) is -0.841. The van der Waals surface area contributed by atoms with Crippen molar-refractivity contribution in [2.45, 2.75) is 45.6 Å². The van der Waals surface area contributed by atoms with Gasteiger partial charge in [-0.25, -0.2) is 0 Å².